The van der Waals surface area contributed by atoms with Gasteiger partial charge in [-0.2, -0.15) is 0 Å². The van der Waals surface area contributed by atoms with E-state index in [4.69, 9.17) is 0 Å². The highest BCUT2D eigenvalue weighted by Gasteiger charge is 2.56. The van der Waals surface area contributed by atoms with Crippen LogP contribution in [-0.4, -0.2) is 40.4 Å². The van der Waals surface area contributed by atoms with Crippen LogP contribution >= 0.6 is 0 Å². The third-order valence-electron chi connectivity index (χ3n) is 4.45. The number of amides is 4. The number of imide groups is 1. The highest BCUT2D eigenvalue weighted by molar-refractivity contribution is 6.09. The molecule has 0 radical (unpaired) electrons. The zero-order valence-corrected chi connectivity index (χ0v) is 15.1. The quantitative estimate of drug-likeness (QED) is 0.760. The van der Waals surface area contributed by atoms with Gasteiger partial charge in [-0.15, -0.1) is 0 Å². The van der Waals surface area contributed by atoms with Gasteiger partial charge in [0.2, 0.25) is 5.91 Å². The molecule has 1 atom stereocenters. The lowest BCUT2D eigenvalue weighted by atomic mass is 9.82. The van der Waals surface area contributed by atoms with E-state index in [-0.39, 0.29) is 29.7 Å². The lowest BCUT2D eigenvalue weighted by Crippen LogP contribution is -2.51. The third-order valence-corrected chi connectivity index (χ3v) is 4.45. The molecule has 23 heavy (non-hydrogen) atoms. The Labute approximate surface area is 138 Å². The molecule has 2 fully saturated rings. The van der Waals surface area contributed by atoms with Crippen molar-refractivity contribution in [2.45, 2.75) is 71.9 Å². The summed E-state index contributed by atoms with van der Waals surface area (Å²) < 4.78 is 0. The number of hydrogen-bond acceptors (Lipinski definition) is 3. The first kappa shape index (κ1) is 17.8. The SMILES string of the molecule is CC(C)(C)CC(C)(C)NC(=O)CN1C(=O)NC(C)(C2CC2)C1=O. The van der Waals surface area contributed by atoms with Gasteiger partial charge in [0.15, 0.2) is 0 Å². The fourth-order valence-corrected chi connectivity index (χ4v) is 3.73. The van der Waals surface area contributed by atoms with Crippen molar-refractivity contribution in [2.24, 2.45) is 11.3 Å². The van der Waals surface area contributed by atoms with Crippen molar-refractivity contribution >= 4 is 17.8 Å². The van der Waals surface area contributed by atoms with E-state index >= 15 is 0 Å². The van der Waals surface area contributed by atoms with Crippen LogP contribution in [0.3, 0.4) is 0 Å². The van der Waals surface area contributed by atoms with Crippen LogP contribution in [0.1, 0.15) is 60.8 Å². The number of carbonyl (C=O) groups excluding carboxylic acids is 3. The van der Waals surface area contributed by atoms with Gasteiger partial charge in [-0.05, 0) is 51.4 Å². The molecule has 130 valence electrons. The predicted molar refractivity (Wildman–Crippen MR) is 87.7 cm³/mol. The number of carbonyl (C=O) groups is 3. The Morgan fingerprint density at radius 2 is 1.83 bits per heavy atom. The van der Waals surface area contributed by atoms with Crippen LogP contribution in [0.4, 0.5) is 4.79 Å². The first-order valence-electron chi connectivity index (χ1n) is 8.29. The molecule has 1 aliphatic heterocycles. The molecule has 0 aromatic carbocycles. The van der Waals surface area contributed by atoms with Crippen molar-refractivity contribution in [3.63, 3.8) is 0 Å². The minimum Gasteiger partial charge on any atom is -0.350 e. The maximum atomic E-state index is 12.5. The predicted octanol–water partition coefficient (Wildman–Crippen LogP) is 2.04. The highest BCUT2D eigenvalue weighted by atomic mass is 16.2. The number of rotatable bonds is 5. The lowest BCUT2D eigenvalue weighted by Gasteiger charge is -2.33. The summed E-state index contributed by atoms with van der Waals surface area (Å²) in [6.45, 7) is 11.8. The molecule has 2 N–H and O–H groups in total. The first-order chi connectivity index (χ1) is 10.3. The number of urea groups is 1. The molecule has 1 aliphatic carbocycles. The monoisotopic (exact) mass is 323 g/mol. The summed E-state index contributed by atoms with van der Waals surface area (Å²) in [6, 6.07) is -0.465. The summed E-state index contributed by atoms with van der Waals surface area (Å²) in [5.41, 5.74) is -1.16. The second-order valence-corrected chi connectivity index (χ2v) is 8.97. The van der Waals surface area contributed by atoms with Crippen LogP contribution in [0.2, 0.25) is 0 Å². The van der Waals surface area contributed by atoms with E-state index in [1.165, 1.54) is 0 Å². The second kappa shape index (κ2) is 5.49. The molecular formula is C17H29N3O3. The van der Waals surface area contributed by atoms with Gasteiger partial charge in [0.1, 0.15) is 12.1 Å². The van der Waals surface area contributed by atoms with E-state index in [0.29, 0.717) is 0 Å². The molecule has 2 rings (SSSR count). The fourth-order valence-electron chi connectivity index (χ4n) is 3.73. The zero-order chi connectivity index (χ0) is 17.6. The van der Waals surface area contributed by atoms with Crippen LogP contribution < -0.4 is 10.6 Å². The molecule has 0 aromatic heterocycles. The van der Waals surface area contributed by atoms with E-state index in [9.17, 15) is 14.4 Å². The maximum absolute atomic E-state index is 12.5. The van der Waals surface area contributed by atoms with Crippen molar-refractivity contribution in [3.05, 3.63) is 0 Å². The summed E-state index contributed by atoms with van der Waals surface area (Å²) in [6.07, 6.45) is 2.69. The average Bonchev–Trinajstić information content (AvgIpc) is 3.11. The number of nitrogens with zero attached hydrogens (tertiary/aromatic N) is 1. The number of hydrogen-bond donors (Lipinski definition) is 2. The van der Waals surface area contributed by atoms with Crippen LogP contribution in [0.15, 0.2) is 0 Å². The summed E-state index contributed by atoms with van der Waals surface area (Å²) in [4.78, 5) is 37.9. The molecular weight excluding hydrogens is 294 g/mol. The molecule has 0 aromatic rings. The average molecular weight is 323 g/mol. The van der Waals surface area contributed by atoms with E-state index in [0.717, 1.165) is 24.2 Å². The van der Waals surface area contributed by atoms with E-state index in [1.807, 2.05) is 13.8 Å². The highest BCUT2D eigenvalue weighted by Crippen LogP contribution is 2.42. The zero-order valence-electron chi connectivity index (χ0n) is 15.1. The van der Waals surface area contributed by atoms with Gasteiger partial charge in [0, 0.05) is 5.54 Å². The normalized spacial score (nSPS) is 25.6. The summed E-state index contributed by atoms with van der Waals surface area (Å²) in [7, 11) is 0. The standard InChI is InChI=1S/C17H29N3O3/c1-15(2,3)10-16(4,5)18-12(21)9-20-13(22)17(6,11-7-8-11)19-14(20)23/h11H,7-10H2,1-6H3,(H,18,21)(H,19,23). The molecule has 1 saturated carbocycles. The van der Waals surface area contributed by atoms with Crippen molar-refractivity contribution in [3.8, 4) is 0 Å². The molecule has 2 aliphatic rings. The van der Waals surface area contributed by atoms with Crippen molar-refractivity contribution in [1.29, 1.82) is 0 Å². The Balaban J connectivity index is 1.98. The van der Waals surface area contributed by atoms with Gasteiger partial charge < -0.3 is 10.6 Å². The molecule has 6 heteroatoms. The molecule has 4 amide bonds. The molecule has 1 heterocycles. The summed E-state index contributed by atoms with van der Waals surface area (Å²) >= 11 is 0. The van der Waals surface area contributed by atoms with Crippen LogP contribution in [-0.2, 0) is 9.59 Å². The Bertz CT molecular complexity index is 532. The molecule has 1 unspecified atom stereocenters. The third kappa shape index (κ3) is 4.03. The van der Waals surface area contributed by atoms with Crippen LogP contribution in [0.25, 0.3) is 0 Å². The van der Waals surface area contributed by atoms with E-state index in [1.54, 1.807) is 6.92 Å². The van der Waals surface area contributed by atoms with Crippen molar-refractivity contribution < 1.29 is 14.4 Å². The Hall–Kier alpha value is -1.59. The van der Waals surface area contributed by atoms with Gasteiger partial charge in [0.25, 0.3) is 5.91 Å². The maximum Gasteiger partial charge on any atom is 0.325 e. The minimum atomic E-state index is -0.835. The van der Waals surface area contributed by atoms with Gasteiger partial charge in [-0.1, -0.05) is 20.8 Å². The minimum absolute atomic E-state index is 0.0716. The van der Waals surface area contributed by atoms with Gasteiger partial charge in [-0.3, -0.25) is 14.5 Å². The summed E-state index contributed by atoms with van der Waals surface area (Å²) in [5, 5.41) is 5.70. The lowest BCUT2D eigenvalue weighted by molar-refractivity contribution is -0.135. The van der Waals surface area contributed by atoms with Crippen molar-refractivity contribution in [1.82, 2.24) is 15.5 Å². The van der Waals surface area contributed by atoms with Crippen molar-refractivity contribution in [2.75, 3.05) is 6.54 Å². The van der Waals surface area contributed by atoms with Gasteiger partial charge in [-0.25, -0.2) is 4.79 Å². The van der Waals surface area contributed by atoms with Crippen LogP contribution in [0.5, 0.6) is 0 Å². The smallest absolute Gasteiger partial charge is 0.325 e. The topological polar surface area (TPSA) is 78.5 Å². The second-order valence-electron chi connectivity index (χ2n) is 8.97. The largest absolute Gasteiger partial charge is 0.350 e. The fraction of sp³-hybridized carbons (Fsp3) is 0.824. The van der Waals surface area contributed by atoms with Gasteiger partial charge >= 0.3 is 6.03 Å². The Morgan fingerprint density at radius 3 is 2.30 bits per heavy atom. The van der Waals surface area contributed by atoms with E-state index in [2.05, 4.69) is 31.4 Å². The van der Waals surface area contributed by atoms with Gasteiger partial charge in [0.05, 0.1) is 0 Å². The Kier molecular flexibility index (Phi) is 4.24. The molecule has 1 saturated heterocycles. The Morgan fingerprint density at radius 1 is 1.26 bits per heavy atom. The molecule has 0 spiro atoms. The first-order valence-corrected chi connectivity index (χ1v) is 8.29. The number of nitrogens with one attached hydrogen (secondary N) is 2. The molecule has 0 bridgehead atoms. The van der Waals surface area contributed by atoms with E-state index < -0.39 is 17.1 Å². The molecule has 6 nitrogen and oxygen atoms in total. The van der Waals surface area contributed by atoms with Crippen LogP contribution in [0, 0.1) is 11.3 Å². The summed E-state index contributed by atoms with van der Waals surface area (Å²) in [5.74, 6) is -0.388.